The zero-order valence-electron chi connectivity index (χ0n) is 14.5. The summed E-state index contributed by atoms with van der Waals surface area (Å²) in [5, 5.41) is 8.27. The normalized spacial score (nSPS) is 13.6. The topological polar surface area (TPSA) is 49.2 Å². The molecule has 2 heterocycles. The summed E-state index contributed by atoms with van der Waals surface area (Å²) in [5.74, 6) is 1.30. The first-order chi connectivity index (χ1) is 12.9. The Labute approximate surface area is 153 Å². The van der Waals surface area contributed by atoms with E-state index in [0.717, 1.165) is 34.0 Å². The molecule has 0 fully saturated rings. The smallest absolute Gasteiger partial charge is 0.406 e. The number of benzene rings is 2. The standard InChI is InChI=1S/C19H16F3N3O2/c1-12-23-24-18-11-26-10-16-14(3-2-4-17(16)25(12)18)9-13-5-7-15(8-6-13)27-19(20,21)22/h2-8H,9-11H2,1H3. The van der Waals surface area contributed by atoms with E-state index < -0.39 is 6.36 Å². The number of fused-ring (bicyclic) bond motifs is 3. The number of hydrogen-bond donors (Lipinski definition) is 0. The van der Waals surface area contributed by atoms with Crippen molar-refractivity contribution in [2.45, 2.75) is 32.9 Å². The zero-order valence-corrected chi connectivity index (χ0v) is 14.5. The number of halogens is 3. The van der Waals surface area contributed by atoms with Crippen molar-refractivity contribution in [1.29, 1.82) is 0 Å². The minimum Gasteiger partial charge on any atom is -0.406 e. The Hall–Kier alpha value is -2.87. The number of hydrogen-bond acceptors (Lipinski definition) is 4. The summed E-state index contributed by atoms with van der Waals surface area (Å²) in [6.45, 7) is 2.69. The Bertz CT molecular complexity index is 965. The molecule has 8 heteroatoms. The maximum Gasteiger partial charge on any atom is 0.573 e. The number of nitrogens with zero attached hydrogens (tertiary/aromatic N) is 3. The Morgan fingerprint density at radius 3 is 2.59 bits per heavy atom. The highest BCUT2D eigenvalue weighted by Gasteiger charge is 2.31. The van der Waals surface area contributed by atoms with Gasteiger partial charge in [0.05, 0.1) is 12.3 Å². The summed E-state index contributed by atoms with van der Waals surface area (Å²) in [5.41, 5.74) is 3.91. The van der Waals surface area contributed by atoms with Gasteiger partial charge in [0.2, 0.25) is 0 Å². The van der Waals surface area contributed by atoms with Gasteiger partial charge in [-0.15, -0.1) is 23.4 Å². The monoisotopic (exact) mass is 375 g/mol. The van der Waals surface area contributed by atoms with Crippen LogP contribution < -0.4 is 4.74 Å². The Morgan fingerprint density at radius 2 is 1.85 bits per heavy atom. The molecule has 2 aromatic carbocycles. The van der Waals surface area contributed by atoms with E-state index in [1.165, 1.54) is 12.1 Å². The Morgan fingerprint density at radius 1 is 1.07 bits per heavy atom. The van der Waals surface area contributed by atoms with Crippen molar-refractivity contribution < 1.29 is 22.6 Å². The molecular weight excluding hydrogens is 359 g/mol. The second kappa shape index (κ2) is 6.70. The van der Waals surface area contributed by atoms with Crippen LogP contribution in [-0.4, -0.2) is 21.1 Å². The maximum absolute atomic E-state index is 12.3. The summed E-state index contributed by atoms with van der Waals surface area (Å²) in [6, 6.07) is 11.8. The molecule has 0 N–H and O–H groups in total. The number of aryl methyl sites for hydroxylation is 1. The number of alkyl halides is 3. The molecule has 0 saturated heterocycles. The lowest BCUT2D eigenvalue weighted by Gasteiger charge is -2.14. The number of ether oxygens (including phenoxy) is 2. The van der Waals surface area contributed by atoms with Crippen molar-refractivity contribution in [2.75, 3.05) is 0 Å². The molecule has 0 bridgehead atoms. The summed E-state index contributed by atoms with van der Waals surface area (Å²) in [7, 11) is 0. The molecule has 1 aromatic heterocycles. The van der Waals surface area contributed by atoms with Gasteiger partial charge in [-0.2, -0.15) is 0 Å². The third kappa shape index (κ3) is 3.66. The highest BCUT2D eigenvalue weighted by atomic mass is 19.4. The Balaban J connectivity index is 1.64. The van der Waals surface area contributed by atoms with Gasteiger partial charge in [0.1, 0.15) is 18.2 Å². The molecule has 0 radical (unpaired) electrons. The van der Waals surface area contributed by atoms with Crippen molar-refractivity contribution in [2.24, 2.45) is 0 Å². The molecule has 0 amide bonds. The molecule has 0 spiro atoms. The third-order valence-corrected chi connectivity index (χ3v) is 4.41. The molecule has 4 rings (SSSR count). The summed E-state index contributed by atoms with van der Waals surface area (Å²) in [4.78, 5) is 0. The lowest BCUT2D eigenvalue weighted by Crippen LogP contribution is -2.17. The third-order valence-electron chi connectivity index (χ3n) is 4.41. The Kier molecular flexibility index (Phi) is 4.35. The van der Waals surface area contributed by atoms with E-state index in [1.54, 1.807) is 12.1 Å². The van der Waals surface area contributed by atoms with Gasteiger partial charge in [0.15, 0.2) is 5.82 Å². The largest absolute Gasteiger partial charge is 0.573 e. The average molecular weight is 375 g/mol. The van der Waals surface area contributed by atoms with Crippen LogP contribution in [0.15, 0.2) is 42.5 Å². The van der Waals surface area contributed by atoms with E-state index in [9.17, 15) is 13.2 Å². The minimum atomic E-state index is -4.69. The van der Waals surface area contributed by atoms with Gasteiger partial charge in [-0.1, -0.05) is 24.3 Å². The molecule has 140 valence electrons. The second-order valence-electron chi connectivity index (χ2n) is 6.27. The maximum atomic E-state index is 12.3. The van der Waals surface area contributed by atoms with Crippen LogP contribution >= 0.6 is 0 Å². The van der Waals surface area contributed by atoms with E-state index in [1.807, 2.05) is 29.7 Å². The quantitative estimate of drug-likeness (QED) is 0.692. The van der Waals surface area contributed by atoms with Gasteiger partial charge >= 0.3 is 6.36 Å². The van der Waals surface area contributed by atoms with Crippen LogP contribution in [0.3, 0.4) is 0 Å². The van der Waals surface area contributed by atoms with Crippen molar-refractivity contribution in [3.05, 3.63) is 70.8 Å². The van der Waals surface area contributed by atoms with E-state index >= 15 is 0 Å². The van der Waals surface area contributed by atoms with Crippen LogP contribution in [0.5, 0.6) is 5.75 Å². The number of rotatable bonds is 3. The predicted octanol–water partition coefficient (Wildman–Crippen LogP) is 4.10. The predicted molar refractivity (Wildman–Crippen MR) is 90.5 cm³/mol. The van der Waals surface area contributed by atoms with Gasteiger partial charge in [-0.3, -0.25) is 4.57 Å². The highest BCUT2D eigenvalue weighted by Crippen LogP contribution is 2.28. The zero-order chi connectivity index (χ0) is 19.0. The first kappa shape index (κ1) is 17.5. The SMILES string of the molecule is Cc1nnc2n1-c1cccc(Cc3ccc(OC(F)(F)F)cc3)c1COC2. The van der Waals surface area contributed by atoms with E-state index in [0.29, 0.717) is 19.6 Å². The summed E-state index contributed by atoms with van der Waals surface area (Å²) < 4.78 is 48.5. The molecule has 0 unspecified atom stereocenters. The van der Waals surface area contributed by atoms with Crippen molar-refractivity contribution in [1.82, 2.24) is 14.8 Å². The summed E-state index contributed by atoms with van der Waals surface area (Å²) >= 11 is 0. The van der Waals surface area contributed by atoms with Crippen LogP contribution in [0.1, 0.15) is 28.3 Å². The molecule has 27 heavy (non-hydrogen) atoms. The van der Waals surface area contributed by atoms with Crippen molar-refractivity contribution >= 4 is 0 Å². The molecule has 1 aliphatic rings. The average Bonchev–Trinajstić information content (AvgIpc) is 2.86. The lowest BCUT2D eigenvalue weighted by atomic mass is 9.98. The van der Waals surface area contributed by atoms with Crippen molar-refractivity contribution in [3.8, 4) is 11.4 Å². The van der Waals surface area contributed by atoms with Gasteiger partial charge < -0.3 is 9.47 Å². The van der Waals surface area contributed by atoms with Crippen molar-refractivity contribution in [3.63, 3.8) is 0 Å². The van der Waals surface area contributed by atoms with Crippen LogP contribution in [0.2, 0.25) is 0 Å². The summed E-state index contributed by atoms with van der Waals surface area (Å²) in [6.07, 6.45) is -4.13. The molecule has 3 aromatic rings. The van der Waals surface area contributed by atoms with Crippen LogP contribution in [-0.2, 0) is 24.4 Å². The molecule has 5 nitrogen and oxygen atoms in total. The molecule has 0 saturated carbocycles. The first-order valence-corrected chi connectivity index (χ1v) is 8.35. The van der Waals surface area contributed by atoms with Gasteiger partial charge in [-0.25, -0.2) is 0 Å². The molecule has 0 aliphatic carbocycles. The molecule has 0 atom stereocenters. The molecular formula is C19H16F3N3O2. The number of aromatic nitrogens is 3. The van der Waals surface area contributed by atoms with E-state index in [4.69, 9.17) is 4.74 Å². The fraction of sp³-hybridized carbons (Fsp3) is 0.263. The van der Waals surface area contributed by atoms with Crippen LogP contribution in [0, 0.1) is 6.92 Å². The first-order valence-electron chi connectivity index (χ1n) is 8.35. The lowest BCUT2D eigenvalue weighted by molar-refractivity contribution is -0.274. The van der Waals surface area contributed by atoms with E-state index in [2.05, 4.69) is 14.9 Å². The second-order valence-corrected chi connectivity index (χ2v) is 6.27. The van der Waals surface area contributed by atoms with Gasteiger partial charge in [-0.05, 0) is 42.7 Å². The highest BCUT2D eigenvalue weighted by molar-refractivity contribution is 5.49. The minimum absolute atomic E-state index is 0.230. The van der Waals surface area contributed by atoms with Gasteiger partial charge in [0, 0.05) is 5.56 Å². The molecule has 1 aliphatic heterocycles. The van der Waals surface area contributed by atoms with Crippen LogP contribution in [0.25, 0.3) is 5.69 Å². The fourth-order valence-electron chi connectivity index (χ4n) is 3.25. The van der Waals surface area contributed by atoms with E-state index in [-0.39, 0.29) is 5.75 Å². The van der Waals surface area contributed by atoms with Gasteiger partial charge in [0.25, 0.3) is 0 Å². The fourth-order valence-corrected chi connectivity index (χ4v) is 3.25. The van der Waals surface area contributed by atoms with Crippen LogP contribution in [0.4, 0.5) is 13.2 Å².